The molecular weight excluding hydrogens is 642 g/mol. The van der Waals surface area contributed by atoms with Gasteiger partial charge in [-0.3, -0.25) is 0 Å². The van der Waals surface area contributed by atoms with Crippen molar-refractivity contribution in [1.29, 1.82) is 0 Å². The summed E-state index contributed by atoms with van der Waals surface area (Å²) in [7, 11) is 0. The lowest BCUT2D eigenvalue weighted by molar-refractivity contribution is 0.436. The molecule has 0 aliphatic heterocycles. The van der Waals surface area contributed by atoms with E-state index in [-0.39, 0.29) is 21.5 Å². The quantitative estimate of drug-likeness (QED) is 0.116. The predicted molar refractivity (Wildman–Crippen MR) is 176 cm³/mol. The Morgan fingerprint density at radius 1 is 0.829 bits per heavy atom. The molecule has 3 aromatic carbocycles. The van der Waals surface area contributed by atoms with Crippen LogP contribution in [0.5, 0.6) is 11.5 Å². The van der Waals surface area contributed by atoms with Crippen LogP contribution in [0.25, 0.3) is 0 Å². The summed E-state index contributed by atoms with van der Waals surface area (Å²) in [6, 6.07) is 15.0. The second-order valence-electron chi connectivity index (χ2n) is 9.54. The number of hydrogen-bond acceptors (Lipinski definition) is 4. The number of unbranched alkanes of at least 4 members (excludes halogenated alkanes) is 3. The minimum atomic E-state index is -0.0555. The largest absolute Gasteiger partial charge is 0.506 e. The van der Waals surface area contributed by atoms with Gasteiger partial charge in [-0.05, 0) is 61.6 Å². The lowest BCUT2D eigenvalue weighted by Gasteiger charge is -2.19. The first kappa shape index (κ1) is 33.8. The third-order valence-corrected chi connectivity index (χ3v) is 9.48. The highest BCUT2D eigenvalue weighted by molar-refractivity contribution is 8.00. The summed E-state index contributed by atoms with van der Waals surface area (Å²) in [4.78, 5) is 5.07. The number of thioether (sulfide) groups is 1. The molecule has 0 aliphatic carbocycles. The van der Waals surface area contributed by atoms with Gasteiger partial charge >= 0.3 is 0 Å². The zero-order chi connectivity index (χ0) is 29.8. The van der Waals surface area contributed by atoms with Gasteiger partial charge < -0.3 is 14.8 Å². The molecule has 220 valence electrons. The first-order valence-electron chi connectivity index (χ1n) is 13.4. The average molecular weight is 675 g/mol. The fourth-order valence-electron chi connectivity index (χ4n) is 4.17. The van der Waals surface area contributed by atoms with Crippen LogP contribution in [0.2, 0.25) is 25.1 Å². The number of nitrogens with zero attached hydrogens (tertiary/aromatic N) is 2. The summed E-state index contributed by atoms with van der Waals surface area (Å²) in [5, 5.41) is 22.3. The van der Waals surface area contributed by atoms with Crippen molar-refractivity contribution in [2.75, 3.05) is 0 Å². The average Bonchev–Trinajstić information content (AvgIpc) is 3.46. The van der Waals surface area contributed by atoms with E-state index in [2.05, 4.69) is 28.6 Å². The highest BCUT2D eigenvalue weighted by Crippen LogP contribution is 2.41. The zero-order valence-electron chi connectivity index (χ0n) is 22.7. The summed E-state index contributed by atoms with van der Waals surface area (Å²) >= 11 is 32.0. The molecule has 2 N–H and O–H groups in total. The molecule has 41 heavy (non-hydrogen) atoms. The minimum Gasteiger partial charge on any atom is -0.506 e. The van der Waals surface area contributed by atoms with E-state index in [0.717, 1.165) is 55.0 Å². The van der Waals surface area contributed by atoms with Crippen LogP contribution in [-0.4, -0.2) is 25.0 Å². The molecule has 4 nitrogen and oxygen atoms in total. The number of halogens is 5. The molecule has 0 bridgehead atoms. The number of imidazole rings is 1. The Balaban J connectivity index is 0.000000250. The van der Waals surface area contributed by atoms with Crippen LogP contribution in [0.3, 0.4) is 0 Å². The van der Waals surface area contributed by atoms with Gasteiger partial charge in [-0.1, -0.05) is 102 Å². The van der Waals surface area contributed by atoms with Crippen molar-refractivity contribution in [3.8, 4) is 11.5 Å². The van der Waals surface area contributed by atoms with Crippen molar-refractivity contribution in [3.63, 3.8) is 0 Å². The van der Waals surface area contributed by atoms with Crippen molar-refractivity contribution in [1.82, 2.24) is 9.55 Å². The molecule has 0 radical (unpaired) electrons. The molecular formula is C31H33Cl5N2O2S. The van der Waals surface area contributed by atoms with Gasteiger partial charge in [0.15, 0.2) is 0 Å². The maximum atomic E-state index is 9.71. The molecule has 1 atom stereocenters. The summed E-state index contributed by atoms with van der Waals surface area (Å²) in [5.41, 5.74) is 1.72. The lowest BCUT2D eigenvalue weighted by Crippen LogP contribution is -2.13. The number of hydrogen-bond donors (Lipinski definition) is 2. The standard InChI is InChI=1S/C19H17Cl3N2S.C12H16Cl2O2/c20-15-7-4-14(5-8-15)6-9-16(12-24-11-10-23-13-24)25-19-17(21)2-1-3-18(19)22;1-2-3-4-5-6-8-11(15)9(13)7-10(14)12(8)16/h1-5,7-8,10-11,13,16H,6,9,12H2;7,15-16H,2-6H2,1H3. The smallest absolute Gasteiger partial charge is 0.141 e. The predicted octanol–water partition coefficient (Wildman–Crippen LogP) is 11.2. The first-order valence-corrected chi connectivity index (χ1v) is 16.2. The maximum Gasteiger partial charge on any atom is 0.141 e. The van der Waals surface area contributed by atoms with Crippen LogP contribution >= 0.6 is 69.8 Å². The number of aromatic hydroxyl groups is 2. The Bertz CT molecular complexity index is 1320. The number of rotatable bonds is 12. The van der Waals surface area contributed by atoms with Crippen LogP contribution in [-0.2, 0) is 19.4 Å². The molecule has 0 aliphatic rings. The second kappa shape index (κ2) is 17.4. The van der Waals surface area contributed by atoms with Gasteiger partial charge in [0, 0.05) is 39.7 Å². The van der Waals surface area contributed by atoms with Gasteiger partial charge in [0.25, 0.3) is 0 Å². The van der Waals surface area contributed by atoms with Crippen molar-refractivity contribution >= 4 is 69.8 Å². The van der Waals surface area contributed by atoms with Crippen LogP contribution in [0.15, 0.2) is 72.1 Å². The van der Waals surface area contributed by atoms with Crippen LogP contribution in [0.1, 0.15) is 50.2 Å². The maximum absolute atomic E-state index is 9.71. The Kier molecular flexibility index (Phi) is 14.3. The molecule has 0 saturated heterocycles. The summed E-state index contributed by atoms with van der Waals surface area (Å²) in [6.45, 7) is 2.98. The van der Waals surface area contributed by atoms with Crippen molar-refractivity contribution in [2.45, 2.75) is 68.6 Å². The van der Waals surface area contributed by atoms with E-state index in [0.29, 0.717) is 27.3 Å². The van der Waals surface area contributed by atoms with E-state index in [9.17, 15) is 10.2 Å². The Morgan fingerprint density at radius 3 is 2.07 bits per heavy atom. The Labute approximate surface area is 271 Å². The third kappa shape index (κ3) is 10.8. The fourth-order valence-corrected chi connectivity index (χ4v) is 6.64. The Hall–Kier alpha value is -1.73. The first-order chi connectivity index (χ1) is 19.7. The van der Waals surface area contributed by atoms with Gasteiger partial charge in [-0.2, -0.15) is 0 Å². The van der Waals surface area contributed by atoms with Gasteiger partial charge in [-0.15, -0.1) is 11.8 Å². The third-order valence-electron chi connectivity index (χ3n) is 6.40. The normalized spacial score (nSPS) is 11.7. The molecule has 10 heteroatoms. The van der Waals surface area contributed by atoms with Gasteiger partial charge in [-0.25, -0.2) is 4.98 Å². The molecule has 0 amide bonds. The van der Waals surface area contributed by atoms with E-state index in [1.165, 1.54) is 11.6 Å². The number of phenolic OH excluding ortho intramolecular Hbond substituents is 2. The molecule has 4 aromatic rings. The number of benzene rings is 3. The van der Waals surface area contributed by atoms with Crippen LogP contribution in [0, 0.1) is 0 Å². The zero-order valence-corrected chi connectivity index (χ0v) is 27.3. The molecule has 1 unspecified atom stereocenters. The molecule has 1 heterocycles. The molecule has 0 saturated carbocycles. The minimum absolute atomic E-state index is 0.0555. The monoisotopic (exact) mass is 672 g/mol. The summed E-state index contributed by atoms with van der Waals surface area (Å²) in [6.07, 6.45) is 12.4. The number of aryl methyl sites for hydroxylation is 1. The van der Waals surface area contributed by atoms with Gasteiger partial charge in [0.05, 0.1) is 26.4 Å². The second-order valence-corrected chi connectivity index (χ2v) is 12.9. The SMILES string of the molecule is CCCCCCc1c(O)c(Cl)cc(Cl)c1O.Clc1ccc(CCC(Cn2ccnc2)Sc2c(Cl)cccc2Cl)cc1. The Morgan fingerprint density at radius 2 is 1.49 bits per heavy atom. The van der Waals surface area contributed by atoms with Crippen molar-refractivity contribution in [3.05, 3.63) is 103 Å². The lowest BCUT2D eigenvalue weighted by atomic mass is 10.0. The summed E-state index contributed by atoms with van der Waals surface area (Å²) < 4.78 is 2.09. The molecule has 1 aromatic heterocycles. The molecule has 4 rings (SSSR count). The van der Waals surface area contributed by atoms with Gasteiger partial charge in [0.2, 0.25) is 0 Å². The summed E-state index contributed by atoms with van der Waals surface area (Å²) in [5.74, 6) is -0.111. The van der Waals surface area contributed by atoms with Crippen LogP contribution in [0.4, 0.5) is 0 Å². The van der Waals surface area contributed by atoms with E-state index in [1.54, 1.807) is 18.0 Å². The molecule has 0 fully saturated rings. The number of phenols is 2. The number of aromatic nitrogens is 2. The van der Waals surface area contributed by atoms with E-state index in [1.807, 2.05) is 42.9 Å². The van der Waals surface area contributed by atoms with Gasteiger partial charge in [0.1, 0.15) is 11.5 Å². The van der Waals surface area contributed by atoms with E-state index >= 15 is 0 Å². The molecule has 0 spiro atoms. The van der Waals surface area contributed by atoms with E-state index in [4.69, 9.17) is 58.0 Å². The van der Waals surface area contributed by atoms with Crippen molar-refractivity contribution in [2.24, 2.45) is 0 Å². The van der Waals surface area contributed by atoms with Crippen LogP contribution < -0.4 is 0 Å². The highest BCUT2D eigenvalue weighted by Gasteiger charge is 2.17. The fraction of sp³-hybridized carbons (Fsp3) is 0.323. The van der Waals surface area contributed by atoms with Crippen molar-refractivity contribution < 1.29 is 10.2 Å². The topological polar surface area (TPSA) is 58.3 Å². The highest BCUT2D eigenvalue weighted by atomic mass is 35.5. The van der Waals surface area contributed by atoms with E-state index < -0.39 is 0 Å².